The van der Waals surface area contributed by atoms with Crippen molar-refractivity contribution < 1.29 is 18.0 Å². The number of nitrogens with zero attached hydrogens (tertiary/aromatic N) is 1. The summed E-state index contributed by atoms with van der Waals surface area (Å²) in [5.74, 6) is -0.464. The first-order valence-corrected chi connectivity index (χ1v) is 6.58. The molecule has 1 saturated heterocycles. The van der Waals surface area contributed by atoms with Crippen molar-refractivity contribution in [1.82, 2.24) is 4.90 Å². The Labute approximate surface area is 115 Å². The molecule has 1 aromatic carbocycles. The highest BCUT2D eigenvalue weighted by Gasteiger charge is 2.34. The first-order chi connectivity index (χ1) is 9.39. The molecule has 2 N–H and O–H groups in total. The van der Waals surface area contributed by atoms with E-state index in [0.29, 0.717) is 13.0 Å². The van der Waals surface area contributed by atoms with E-state index >= 15 is 0 Å². The van der Waals surface area contributed by atoms with Crippen LogP contribution in [0.15, 0.2) is 24.3 Å². The molecule has 0 aliphatic carbocycles. The molecule has 0 spiro atoms. The summed E-state index contributed by atoms with van der Waals surface area (Å²) in [7, 11) is 0. The van der Waals surface area contributed by atoms with Gasteiger partial charge in [-0.2, -0.15) is 13.2 Å². The van der Waals surface area contributed by atoms with Crippen molar-refractivity contribution >= 4 is 5.91 Å². The van der Waals surface area contributed by atoms with Gasteiger partial charge in [-0.25, -0.2) is 0 Å². The maximum Gasteiger partial charge on any atom is 0.416 e. The van der Waals surface area contributed by atoms with Crippen LogP contribution < -0.4 is 5.73 Å². The van der Waals surface area contributed by atoms with Crippen molar-refractivity contribution in [2.75, 3.05) is 6.54 Å². The predicted molar refractivity (Wildman–Crippen MR) is 68.7 cm³/mol. The number of likely N-dealkylation sites (tertiary alicyclic amines) is 1. The lowest BCUT2D eigenvalue weighted by molar-refractivity contribution is -0.138. The second-order valence-corrected chi connectivity index (χ2v) is 5.04. The van der Waals surface area contributed by atoms with E-state index in [0.717, 1.165) is 18.9 Å². The number of alkyl halides is 3. The molecule has 1 aromatic rings. The van der Waals surface area contributed by atoms with E-state index < -0.39 is 23.7 Å². The van der Waals surface area contributed by atoms with E-state index in [9.17, 15) is 18.0 Å². The van der Waals surface area contributed by atoms with Gasteiger partial charge < -0.3 is 5.73 Å². The Balaban J connectivity index is 2.23. The molecule has 0 unspecified atom stereocenters. The molecule has 0 aromatic heterocycles. The van der Waals surface area contributed by atoms with Crippen LogP contribution in [0, 0.1) is 0 Å². The maximum absolute atomic E-state index is 12.9. The monoisotopic (exact) mass is 286 g/mol. The molecule has 0 radical (unpaired) electrons. The Morgan fingerprint density at radius 3 is 2.65 bits per heavy atom. The number of primary amides is 1. The number of hydrogen-bond acceptors (Lipinski definition) is 2. The summed E-state index contributed by atoms with van der Waals surface area (Å²) in [6.07, 6.45) is -2.01. The van der Waals surface area contributed by atoms with Gasteiger partial charge in [0.2, 0.25) is 5.91 Å². The molecular formula is C14H17F3N2O. The lowest BCUT2D eigenvalue weighted by Crippen LogP contribution is -2.47. The van der Waals surface area contributed by atoms with E-state index in [1.165, 1.54) is 12.1 Å². The zero-order valence-electron chi connectivity index (χ0n) is 11.0. The Morgan fingerprint density at radius 2 is 2.00 bits per heavy atom. The minimum absolute atomic E-state index is 0.100. The fraction of sp³-hybridized carbons (Fsp3) is 0.500. The fourth-order valence-electron chi connectivity index (χ4n) is 2.66. The average Bonchev–Trinajstić information content (AvgIpc) is 2.38. The van der Waals surface area contributed by atoms with Crippen LogP contribution in [-0.4, -0.2) is 23.4 Å². The number of carbonyl (C=O) groups is 1. The van der Waals surface area contributed by atoms with Gasteiger partial charge in [0.15, 0.2) is 0 Å². The Morgan fingerprint density at radius 1 is 1.30 bits per heavy atom. The molecule has 1 aliphatic heterocycles. The second kappa shape index (κ2) is 5.83. The molecule has 2 rings (SSSR count). The van der Waals surface area contributed by atoms with Gasteiger partial charge in [-0.1, -0.05) is 24.6 Å². The third kappa shape index (κ3) is 3.30. The maximum atomic E-state index is 12.9. The highest BCUT2D eigenvalue weighted by molar-refractivity contribution is 5.79. The van der Waals surface area contributed by atoms with Crippen LogP contribution >= 0.6 is 0 Å². The molecule has 1 fully saturated rings. The van der Waals surface area contributed by atoms with Gasteiger partial charge in [0.05, 0.1) is 11.6 Å². The highest BCUT2D eigenvalue weighted by atomic mass is 19.4. The summed E-state index contributed by atoms with van der Waals surface area (Å²) in [6, 6.07) is 5.00. The van der Waals surface area contributed by atoms with Crippen LogP contribution in [-0.2, 0) is 17.5 Å². The molecule has 20 heavy (non-hydrogen) atoms. The van der Waals surface area contributed by atoms with Crippen LogP contribution in [0.5, 0.6) is 0 Å². The molecule has 3 nitrogen and oxygen atoms in total. The van der Waals surface area contributed by atoms with E-state index in [2.05, 4.69) is 0 Å². The van der Waals surface area contributed by atoms with Gasteiger partial charge in [0.25, 0.3) is 0 Å². The molecule has 6 heteroatoms. The number of halogens is 3. The van der Waals surface area contributed by atoms with Gasteiger partial charge in [0.1, 0.15) is 0 Å². The summed E-state index contributed by atoms with van der Waals surface area (Å²) in [6.45, 7) is 0.698. The fourth-order valence-corrected chi connectivity index (χ4v) is 2.66. The molecular weight excluding hydrogens is 269 g/mol. The summed E-state index contributed by atoms with van der Waals surface area (Å²) in [4.78, 5) is 13.1. The number of piperidine rings is 1. The number of carbonyl (C=O) groups excluding carboxylic acids is 1. The predicted octanol–water partition coefficient (Wildman–Crippen LogP) is 2.55. The van der Waals surface area contributed by atoms with Gasteiger partial charge >= 0.3 is 6.18 Å². The Bertz CT molecular complexity index is 488. The first-order valence-electron chi connectivity index (χ1n) is 6.58. The summed E-state index contributed by atoms with van der Waals surface area (Å²) >= 11 is 0. The lowest BCUT2D eigenvalue weighted by atomic mass is 9.99. The van der Waals surface area contributed by atoms with Gasteiger partial charge in [-0.15, -0.1) is 0 Å². The van der Waals surface area contributed by atoms with Crippen molar-refractivity contribution in [1.29, 1.82) is 0 Å². The van der Waals surface area contributed by atoms with Gasteiger partial charge in [0, 0.05) is 6.54 Å². The number of nitrogens with two attached hydrogens (primary N) is 1. The SMILES string of the molecule is NC(=O)[C@@H]1CCCCN1Cc1ccccc1C(F)(F)F. The van der Waals surface area contributed by atoms with Crippen molar-refractivity contribution in [2.45, 2.75) is 38.0 Å². The number of amides is 1. The number of benzene rings is 1. The molecule has 1 atom stereocenters. The Hall–Kier alpha value is -1.56. The van der Waals surface area contributed by atoms with Crippen molar-refractivity contribution in [2.24, 2.45) is 5.73 Å². The lowest BCUT2D eigenvalue weighted by Gasteiger charge is -2.34. The smallest absolute Gasteiger partial charge is 0.368 e. The minimum Gasteiger partial charge on any atom is -0.368 e. The van der Waals surface area contributed by atoms with Crippen molar-refractivity contribution in [3.05, 3.63) is 35.4 Å². The number of rotatable bonds is 3. The average molecular weight is 286 g/mol. The quantitative estimate of drug-likeness (QED) is 0.928. The second-order valence-electron chi connectivity index (χ2n) is 5.04. The first kappa shape index (κ1) is 14.8. The van der Waals surface area contributed by atoms with Crippen LogP contribution in [0.3, 0.4) is 0 Å². The third-order valence-electron chi connectivity index (χ3n) is 3.64. The van der Waals surface area contributed by atoms with Crippen molar-refractivity contribution in [3.8, 4) is 0 Å². The zero-order chi connectivity index (χ0) is 14.8. The summed E-state index contributed by atoms with van der Waals surface area (Å²) in [5, 5.41) is 0. The summed E-state index contributed by atoms with van der Waals surface area (Å²) < 4.78 is 38.8. The number of hydrogen-bond donors (Lipinski definition) is 1. The normalized spacial score (nSPS) is 20.9. The van der Waals surface area contributed by atoms with E-state index in [1.54, 1.807) is 11.0 Å². The molecule has 0 bridgehead atoms. The molecule has 1 amide bonds. The highest BCUT2D eigenvalue weighted by Crippen LogP contribution is 2.33. The van der Waals surface area contributed by atoms with Gasteiger partial charge in [-0.3, -0.25) is 9.69 Å². The van der Waals surface area contributed by atoms with E-state index in [1.807, 2.05) is 0 Å². The third-order valence-corrected chi connectivity index (χ3v) is 3.64. The van der Waals surface area contributed by atoms with Crippen LogP contribution in [0.1, 0.15) is 30.4 Å². The largest absolute Gasteiger partial charge is 0.416 e. The van der Waals surface area contributed by atoms with E-state index in [4.69, 9.17) is 5.73 Å². The van der Waals surface area contributed by atoms with Crippen LogP contribution in [0.4, 0.5) is 13.2 Å². The van der Waals surface area contributed by atoms with Crippen LogP contribution in [0.25, 0.3) is 0 Å². The molecule has 1 aliphatic rings. The minimum atomic E-state index is -4.38. The van der Waals surface area contributed by atoms with E-state index in [-0.39, 0.29) is 12.1 Å². The summed E-state index contributed by atoms with van der Waals surface area (Å²) in [5.41, 5.74) is 4.88. The van der Waals surface area contributed by atoms with Crippen molar-refractivity contribution in [3.63, 3.8) is 0 Å². The molecule has 110 valence electrons. The Kier molecular flexibility index (Phi) is 4.32. The zero-order valence-corrected chi connectivity index (χ0v) is 11.0. The standard InChI is InChI=1S/C14H17F3N2O/c15-14(16,17)11-6-2-1-5-10(11)9-19-8-4-3-7-12(19)13(18)20/h1-2,5-6,12H,3-4,7-9H2,(H2,18,20)/t12-/m0/s1. The van der Waals surface area contributed by atoms with Crippen LogP contribution in [0.2, 0.25) is 0 Å². The molecule has 0 saturated carbocycles. The van der Waals surface area contributed by atoms with Gasteiger partial charge in [-0.05, 0) is 31.0 Å². The molecule has 1 heterocycles. The topological polar surface area (TPSA) is 46.3 Å².